The molecule has 2 aromatic carbocycles. The van der Waals surface area contributed by atoms with E-state index in [-0.39, 0.29) is 0 Å². The summed E-state index contributed by atoms with van der Waals surface area (Å²) in [6, 6.07) is 13.9. The van der Waals surface area contributed by atoms with E-state index in [0.717, 1.165) is 40.1 Å². The first kappa shape index (κ1) is 18.3. The predicted molar refractivity (Wildman–Crippen MR) is 102 cm³/mol. The fourth-order valence-corrected chi connectivity index (χ4v) is 3.25. The Morgan fingerprint density at radius 2 is 1.81 bits per heavy atom. The van der Waals surface area contributed by atoms with Crippen molar-refractivity contribution in [3.05, 3.63) is 53.6 Å². The summed E-state index contributed by atoms with van der Waals surface area (Å²) in [4.78, 5) is 0. The summed E-state index contributed by atoms with van der Waals surface area (Å²) in [6.45, 7) is 4.77. The third-order valence-corrected chi connectivity index (χ3v) is 4.89. The monoisotopic (exact) mass is 370 g/mol. The van der Waals surface area contributed by atoms with Crippen molar-refractivity contribution < 1.29 is 9.47 Å². The first-order chi connectivity index (χ1) is 12.7. The van der Waals surface area contributed by atoms with Gasteiger partial charge in [0.05, 0.1) is 19.4 Å². The second-order valence-electron chi connectivity index (χ2n) is 5.89. The number of benzene rings is 2. The van der Waals surface area contributed by atoms with Gasteiger partial charge in [-0.15, -0.1) is 5.10 Å². The Balaban J connectivity index is 1.51. The summed E-state index contributed by atoms with van der Waals surface area (Å²) >= 11 is 1.63. The normalized spacial score (nSPS) is 10.7. The van der Waals surface area contributed by atoms with Crippen molar-refractivity contribution in [3.63, 3.8) is 0 Å². The van der Waals surface area contributed by atoms with E-state index in [2.05, 4.69) is 47.6 Å². The summed E-state index contributed by atoms with van der Waals surface area (Å²) in [5.41, 5.74) is 3.35. The molecule has 0 amide bonds. The Morgan fingerprint density at radius 3 is 2.58 bits per heavy atom. The summed E-state index contributed by atoms with van der Waals surface area (Å²) in [5.74, 6) is 2.55. The minimum atomic E-state index is 0.643. The molecule has 6 nitrogen and oxygen atoms in total. The van der Waals surface area contributed by atoms with E-state index < -0.39 is 0 Å². The quantitative estimate of drug-likeness (QED) is 0.443. The van der Waals surface area contributed by atoms with Crippen LogP contribution in [0.25, 0.3) is 5.69 Å². The molecule has 0 atom stereocenters. The largest absolute Gasteiger partial charge is 0.497 e. The number of aryl methyl sites for hydroxylation is 2. The molecule has 7 heteroatoms. The Kier molecular flexibility index (Phi) is 6.12. The maximum absolute atomic E-state index is 5.75. The molecule has 0 aliphatic heterocycles. The van der Waals surface area contributed by atoms with E-state index in [1.54, 1.807) is 23.6 Å². The van der Waals surface area contributed by atoms with E-state index >= 15 is 0 Å². The van der Waals surface area contributed by atoms with Gasteiger partial charge in [-0.1, -0.05) is 23.9 Å². The first-order valence-electron chi connectivity index (χ1n) is 8.43. The van der Waals surface area contributed by atoms with Gasteiger partial charge in [0, 0.05) is 5.75 Å². The van der Waals surface area contributed by atoms with Crippen molar-refractivity contribution in [2.75, 3.05) is 19.5 Å². The topological polar surface area (TPSA) is 62.1 Å². The van der Waals surface area contributed by atoms with Crippen LogP contribution >= 0.6 is 11.8 Å². The van der Waals surface area contributed by atoms with Crippen LogP contribution < -0.4 is 9.47 Å². The van der Waals surface area contributed by atoms with Gasteiger partial charge in [-0.2, -0.15) is 4.68 Å². The minimum absolute atomic E-state index is 0.643. The van der Waals surface area contributed by atoms with Gasteiger partial charge in [0.2, 0.25) is 5.16 Å². The number of rotatable bonds is 8. The molecule has 0 unspecified atom stereocenters. The van der Waals surface area contributed by atoms with Crippen molar-refractivity contribution in [1.82, 2.24) is 20.2 Å². The number of hydrogen-bond acceptors (Lipinski definition) is 6. The van der Waals surface area contributed by atoms with Crippen LogP contribution in [-0.2, 0) is 0 Å². The second-order valence-corrected chi connectivity index (χ2v) is 6.95. The molecule has 0 saturated carbocycles. The molecule has 26 heavy (non-hydrogen) atoms. The van der Waals surface area contributed by atoms with E-state index in [0.29, 0.717) is 6.61 Å². The van der Waals surface area contributed by atoms with Crippen molar-refractivity contribution in [2.24, 2.45) is 0 Å². The average molecular weight is 370 g/mol. The third-order valence-electron chi connectivity index (χ3n) is 3.88. The second kappa shape index (κ2) is 8.71. The van der Waals surface area contributed by atoms with Crippen molar-refractivity contribution in [2.45, 2.75) is 25.4 Å². The van der Waals surface area contributed by atoms with E-state index in [1.807, 2.05) is 24.3 Å². The minimum Gasteiger partial charge on any atom is -0.497 e. The summed E-state index contributed by atoms with van der Waals surface area (Å²) in [7, 11) is 1.65. The lowest BCUT2D eigenvalue weighted by Gasteiger charge is -2.09. The van der Waals surface area contributed by atoms with E-state index in [9.17, 15) is 0 Å². The standard InChI is InChI=1S/C19H22N4O2S/c1-14-5-6-15(2)18(13-14)23-19(20-21-22-23)26-12-4-11-25-17-9-7-16(24-3)8-10-17/h5-10,13H,4,11-12H2,1-3H3. The highest BCUT2D eigenvalue weighted by molar-refractivity contribution is 7.99. The van der Waals surface area contributed by atoms with Gasteiger partial charge in [0.25, 0.3) is 0 Å². The number of nitrogens with zero attached hydrogens (tertiary/aromatic N) is 4. The van der Waals surface area contributed by atoms with Gasteiger partial charge in [-0.25, -0.2) is 0 Å². The van der Waals surface area contributed by atoms with Gasteiger partial charge in [0.15, 0.2) is 0 Å². The Hall–Kier alpha value is -2.54. The predicted octanol–water partition coefficient (Wildman–Crippen LogP) is 3.85. The lowest BCUT2D eigenvalue weighted by molar-refractivity contribution is 0.318. The van der Waals surface area contributed by atoms with Crippen LogP contribution in [0.2, 0.25) is 0 Å². The molecule has 0 bridgehead atoms. The van der Waals surface area contributed by atoms with Crippen LogP contribution in [0.5, 0.6) is 11.5 Å². The van der Waals surface area contributed by atoms with Gasteiger partial charge in [-0.3, -0.25) is 0 Å². The molecule has 136 valence electrons. The van der Waals surface area contributed by atoms with E-state index in [4.69, 9.17) is 9.47 Å². The van der Waals surface area contributed by atoms with Crippen LogP contribution in [0.4, 0.5) is 0 Å². The van der Waals surface area contributed by atoms with Gasteiger partial charge < -0.3 is 9.47 Å². The molecule has 0 aliphatic carbocycles. The van der Waals surface area contributed by atoms with Crippen LogP contribution in [0, 0.1) is 13.8 Å². The number of methoxy groups -OCH3 is 1. The third kappa shape index (κ3) is 4.54. The van der Waals surface area contributed by atoms with Crippen molar-refractivity contribution >= 4 is 11.8 Å². The molecule has 0 spiro atoms. The zero-order chi connectivity index (χ0) is 18.4. The fraction of sp³-hybridized carbons (Fsp3) is 0.316. The molecular weight excluding hydrogens is 348 g/mol. The smallest absolute Gasteiger partial charge is 0.214 e. The number of hydrogen-bond donors (Lipinski definition) is 0. The van der Waals surface area contributed by atoms with Crippen LogP contribution in [0.1, 0.15) is 17.5 Å². The highest BCUT2D eigenvalue weighted by atomic mass is 32.2. The average Bonchev–Trinajstić information content (AvgIpc) is 3.12. The van der Waals surface area contributed by atoms with Crippen LogP contribution in [0.15, 0.2) is 47.6 Å². The summed E-state index contributed by atoms with van der Waals surface area (Å²) in [5, 5.41) is 12.9. The molecule has 3 aromatic rings. The molecule has 0 N–H and O–H groups in total. The molecule has 1 heterocycles. The first-order valence-corrected chi connectivity index (χ1v) is 9.41. The molecule has 0 aliphatic rings. The van der Waals surface area contributed by atoms with Gasteiger partial charge in [-0.05, 0) is 72.2 Å². The summed E-state index contributed by atoms with van der Waals surface area (Å²) in [6.07, 6.45) is 0.899. The maximum atomic E-state index is 5.75. The van der Waals surface area contributed by atoms with E-state index in [1.165, 1.54) is 5.56 Å². The molecule has 0 fully saturated rings. The highest BCUT2D eigenvalue weighted by Gasteiger charge is 2.11. The molecule has 1 aromatic heterocycles. The number of tetrazole rings is 1. The zero-order valence-electron chi connectivity index (χ0n) is 15.2. The lowest BCUT2D eigenvalue weighted by atomic mass is 10.1. The number of thioether (sulfide) groups is 1. The molecular formula is C19H22N4O2S. The molecule has 3 rings (SSSR count). The van der Waals surface area contributed by atoms with Gasteiger partial charge in [0.1, 0.15) is 11.5 Å². The Labute approximate surface area is 157 Å². The molecule has 0 radical (unpaired) electrons. The lowest BCUT2D eigenvalue weighted by Crippen LogP contribution is -2.03. The summed E-state index contributed by atoms with van der Waals surface area (Å²) < 4.78 is 12.7. The van der Waals surface area contributed by atoms with Crippen molar-refractivity contribution in [1.29, 1.82) is 0 Å². The fourth-order valence-electron chi connectivity index (χ4n) is 2.45. The SMILES string of the molecule is COc1ccc(OCCCSc2nnnn2-c2cc(C)ccc2C)cc1. The van der Waals surface area contributed by atoms with Crippen molar-refractivity contribution in [3.8, 4) is 17.2 Å². The highest BCUT2D eigenvalue weighted by Crippen LogP contribution is 2.22. The maximum Gasteiger partial charge on any atom is 0.214 e. The van der Waals surface area contributed by atoms with Crippen LogP contribution in [-0.4, -0.2) is 39.7 Å². The molecule has 0 saturated heterocycles. The van der Waals surface area contributed by atoms with Crippen LogP contribution in [0.3, 0.4) is 0 Å². The Bertz CT molecular complexity index is 849. The van der Waals surface area contributed by atoms with Gasteiger partial charge >= 0.3 is 0 Å². The number of ether oxygens (including phenoxy) is 2. The Morgan fingerprint density at radius 1 is 1.04 bits per heavy atom. The number of aromatic nitrogens is 4. The zero-order valence-corrected chi connectivity index (χ0v) is 16.0.